The van der Waals surface area contributed by atoms with Gasteiger partial charge in [0.05, 0.1) is 5.69 Å². The molecular weight excluding hydrogens is 297 g/mol. The van der Waals surface area contributed by atoms with E-state index in [0.717, 1.165) is 5.56 Å². The second-order valence-electron chi connectivity index (χ2n) is 5.08. The van der Waals surface area contributed by atoms with Gasteiger partial charge in [0.15, 0.2) is 0 Å². The van der Waals surface area contributed by atoms with Gasteiger partial charge in [-0.1, -0.05) is 12.1 Å². The van der Waals surface area contributed by atoms with Crippen molar-refractivity contribution in [2.45, 2.75) is 13.8 Å². The van der Waals surface area contributed by atoms with Gasteiger partial charge in [-0.25, -0.2) is 18.9 Å². The summed E-state index contributed by atoms with van der Waals surface area (Å²) in [4.78, 5) is 16.3. The molecule has 1 heterocycles. The first-order valence-corrected chi connectivity index (χ1v) is 7.01. The number of esters is 1. The molecule has 0 atom stereocenters. The second kappa shape index (κ2) is 6.00. The summed E-state index contributed by atoms with van der Waals surface area (Å²) in [6.07, 6.45) is 0. The van der Waals surface area contributed by atoms with Crippen molar-refractivity contribution in [2.24, 2.45) is 0 Å². The van der Waals surface area contributed by atoms with E-state index in [2.05, 4.69) is 10.1 Å². The number of benzene rings is 2. The van der Waals surface area contributed by atoms with Crippen LogP contribution >= 0.6 is 0 Å². The number of aromatic nitrogens is 3. The third-order valence-corrected chi connectivity index (χ3v) is 3.22. The smallest absolute Gasteiger partial charge is 0.383 e. The van der Waals surface area contributed by atoms with E-state index in [-0.39, 0.29) is 11.6 Å². The zero-order valence-corrected chi connectivity index (χ0v) is 12.7. The number of halogens is 1. The molecule has 0 N–H and O–H groups in total. The Hall–Kier alpha value is -3.02. The van der Waals surface area contributed by atoms with Crippen molar-refractivity contribution in [3.63, 3.8) is 0 Å². The Morgan fingerprint density at radius 1 is 1.13 bits per heavy atom. The van der Waals surface area contributed by atoms with Crippen LogP contribution in [0.1, 0.15) is 22.0 Å². The molecule has 0 fully saturated rings. The van der Waals surface area contributed by atoms with Gasteiger partial charge in [0, 0.05) is 0 Å². The number of carbonyl (C=O) groups excluding carboxylic acids is 1. The van der Waals surface area contributed by atoms with Crippen molar-refractivity contribution < 1.29 is 13.9 Å². The first-order valence-electron chi connectivity index (χ1n) is 7.01. The Bertz CT molecular complexity index is 857. The minimum Gasteiger partial charge on any atom is -0.421 e. The van der Waals surface area contributed by atoms with Crippen LogP contribution in [-0.4, -0.2) is 20.7 Å². The number of ether oxygens (including phenoxy) is 1. The Kier molecular flexibility index (Phi) is 3.89. The molecule has 0 bridgehead atoms. The largest absolute Gasteiger partial charge is 0.421 e. The summed E-state index contributed by atoms with van der Waals surface area (Å²) in [7, 11) is 0. The number of nitrogens with zero attached hydrogens (tertiary/aromatic N) is 3. The van der Waals surface area contributed by atoms with Crippen LogP contribution in [0, 0.1) is 19.7 Å². The third-order valence-electron chi connectivity index (χ3n) is 3.22. The second-order valence-corrected chi connectivity index (χ2v) is 5.08. The number of hydrogen-bond donors (Lipinski definition) is 0. The molecule has 0 aliphatic carbocycles. The van der Waals surface area contributed by atoms with Gasteiger partial charge < -0.3 is 4.74 Å². The summed E-state index contributed by atoms with van der Waals surface area (Å²) in [5.74, 6) is -0.0860. The molecule has 5 nitrogen and oxygen atoms in total. The van der Waals surface area contributed by atoms with Crippen molar-refractivity contribution >= 4 is 5.97 Å². The first-order chi connectivity index (χ1) is 11.0. The fourth-order valence-electron chi connectivity index (χ4n) is 2.13. The van der Waals surface area contributed by atoms with Gasteiger partial charge in [-0.05, 0) is 55.8 Å². The van der Waals surface area contributed by atoms with Crippen molar-refractivity contribution in [1.29, 1.82) is 0 Å². The van der Waals surface area contributed by atoms with Gasteiger partial charge in [-0.2, -0.15) is 0 Å². The van der Waals surface area contributed by atoms with E-state index in [1.54, 1.807) is 37.3 Å². The van der Waals surface area contributed by atoms with E-state index in [9.17, 15) is 9.18 Å². The number of carbonyl (C=O) groups is 1. The van der Waals surface area contributed by atoms with E-state index in [1.807, 2.05) is 13.0 Å². The minimum absolute atomic E-state index is 0.0478. The molecule has 3 aromatic rings. The summed E-state index contributed by atoms with van der Waals surface area (Å²) < 4.78 is 19.7. The van der Waals surface area contributed by atoms with Crippen molar-refractivity contribution in [3.05, 3.63) is 71.6 Å². The van der Waals surface area contributed by atoms with Crippen molar-refractivity contribution in [2.75, 3.05) is 0 Å². The predicted octanol–water partition coefficient (Wildman–Crippen LogP) is 3.24. The van der Waals surface area contributed by atoms with Crippen molar-refractivity contribution in [3.8, 4) is 11.4 Å². The Morgan fingerprint density at radius 3 is 2.57 bits per heavy atom. The molecule has 0 aliphatic heterocycles. The third kappa shape index (κ3) is 3.26. The monoisotopic (exact) mass is 311 g/mol. The number of aryl methyl sites for hydroxylation is 2. The maximum absolute atomic E-state index is 13.0. The summed E-state index contributed by atoms with van der Waals surface area (Å²) in [5.41, 5.74) is 1.60. The standard InChI is InChI=1S/C17H14FN3O2/c1-11-4-3-5-15(10-11)23-17(22)16-19-12(2)21(20-16)14-8-6-13(18)7-9-14/h3-10H,1-2H3. The molecule has 6 heteroatoms. The Morgan fingerprint density at radius 2 is 1.87 bits per heavy atom. The highest BCUT2D eigenvalue weighted by Gasteiger charge is 2.17. The molecule has 23 heavy (non-hydrogen) atoms. The van der Waals surface area contributed by atoms with E-state index in [4.69, 9.17) is 4.74 Å². The summed E-state index contributed by atoms with van der Waals surface area (Å²) in [6, 6.07) is 12.9. The highest BCUT2D eigenvalue weighted by Crippen LogP contribution is 2.15. The summed E-state index contributed by atoms with van der Waals surface area (Å²) in [5, 5.41) is 4.14. The SMILES string of the molecule is Cc1cccc(OC(=O)c2nc(C)n(-c3ccc(F)cc3)n2)c1. The number of rotatable bonds is 3. The molecule has 1 aromatic heterocycles. The lowest BCUT2D eigenvalue weighted by Gasteiger charge is -2.02. The van der Waals surface area contributed by atoms with Crippen LogP contribution in [0.3, 0.4) is 0 Å². The van der Waals surface area contributed by atoms with Crippen LogP contribution in [0.2, 0.25) is 0 Å². The highest BCUT2D eigenvalue weighted by molar-refractivity contribution is 5.87. The molecule has 0 aliphatic rings. The molecule has 0 saturated carbocycles. The Labute approximate surface area is 132 Å². The lowest BCUT2D eigenvalue weighted by atomic mass is 10.2. The zero-order chi connectivity index (χ0) is 16.4. The lowest BCUT2D eigenvalue weighted by molar-refractivity contribution is 0.0722. The van der Waals surface area contributed by atoms with E-state index in [1.165, 1.54) is 16.8 Å². The summed E-state index contributed by atoms with van der Waals surface area (Å²) in [6.45, 7) is 3.61. The maximum Gasteiger partial charge on any atom is 0.383 e. The quantitative estimate of drug-likeness (QED) is 0.550. The van der Waals surface area contributed by atoms with Gasteiger partial charge in [0.25, 0.3) is 5.82 Å². The van der Waals surface area contributed by atoms with E-state index >= 15 is 0 Å². The molecule has 0 radical (unpaired) electrons. The summed E-state index contributed by atoms with van der Waals surface area (Å²) >= 11 is 0. The van der Waals surface area contributed by atoms with Gasteiger partial charge in [-0.3, -0.25) is 0 Å². The van der Waals surface area contributed by atoms with Gasteiger partial charge in [-0.15, -0.1) is 5.10 Å². The van der Waals surface area contributed by atoms with Crippen molar-refractivity contribution in [1.82, 2.24) is 14.8 Å². The van der Waals surface area contributed by atoms with E-state index < -0.39 is 5.97 Å². The normalized spacial score (nSPS) is 10.6. The first kappa shape index (κ1) is 14.9. The van der Waals surface area contributed by atoms with Gasteiger partial charge in [0.2, 0.25) is 0 Å². The number of hydrogen-bond acceptors (Lipinski definition) is 4. The topological polar surface area (TPSA) is 57.0 Å². The predicted molar refractivity (Wildman–Crippen MR) is 82.2 cm³/mol. The molecule has 0 amide bonds. The van der Waals surface area contributed by atoms with Crippen LogP contribution in [0.4, 0.5) is 4.39 Å². The fraction of sp³-hybridized carbons (Fsp3) is 0.118. The van der Waals surface area contributed by atoms with Crippen LogP contribution in [0.25, 0.3) is 5.69 Å². The zero-order valence-electron chi connectivity index (χ0n) is 12.7. The molecule has 116 valence electrons. The minimum atomic E-state index is -0.639. The fourth-order valence-corrected chi connectivity index (χ4v) is 2.13. The van der Waals surface area contributed by atoms with Crippen LogP contribution in [0.5, 0.6) is 5.75 Å². The maximum atomic E-state index is 13.0. The lowest BCUT2D eigenvalue weighted by Crippen LogP contribution is -2.11. The van der Waals surface area contributed by atoms with E-state index in [0.29, 0.717) is 17.3 Å². The Balaban J connectivity index is 1.85. The van der Waals surface area contributed by atoms with Gasteiger partial charge in [0.1, 0.15) is 17.4 Å². The molecule has 0 unspecified atom stereocenters. The molecule has 0 saturated heterocycles. The van der Waals surface area contributed by atoms with Crippen LogP contribution in [-0.2, 0) is 0 Å². The molecule has 3 rings (SSSR count). The average Bonchev–Trinajstić information content (AvgIpc) is 2.90. The van der Waals surface area contributed by atoms with Crippen LogP contribution in [0.15, 0.2) is 48.5 Å². The molecule has 0 spiro atoms. The van der Waals surface area contributed by atoms with Gasteiger partial charge >= 0.3 is 5.97 Å². The average molecular weight is 311 g/mol. The highest BCUT2D eigenvalue weighted by atomic mass is 19.1. The van der Waals surface area contributed by atoms with Crippen LogP contribution < -0.4 is 4.74 Å². The molecule has 2 aromatic carbocycles. The molecular formula is C17H14FN3O2.